The van der Waals surface area contributed by atoms with E-state index in [4.69, 9.17) is 14.7 Å². The van der Waals surface area contributed by atoms with Crippen LogP contribution in [0.1, 0.15) is 137 Å². The fraction of sp³-hybridized carbons (Fsp3) is 0.239. The molecule has 0 fully saturated rings. The molecule has 10 aromatic carbocycles. The number of aryl methyl sites for hydroxylation is 6. The highest BCUT2D eigenvalue weighted by Crippen LogP contribution is 2.55. The van der Waals surface area contributed by atoms with Gasteiger partial charge < -0.3 is 9.64 Å². The highest BCUT2D eigenvalue weighted by atomic mass is 16.5. The van der Waals surface area contributed by atoms with Crippen molar-refractivity contribution in [1.29, 1.82) is 0 Å². The minimum atomic E-state index is -0.282. The van der Waals surface area contributed by atoms with Crippen molar-refractivity contribution in [2.45, 2.75) is 144 Å². The van der Waals surface area contributed by atoms with Crippen LogP contribution in [0.15, 0.2) is 224 Å². The van der Waals surface area contributed by atoms with E-state index in [9.17, 15) is 0 Å². The molecule has 10 heteroatoms. The summed E-state index contributed by atoms with van der Waals surface area (Å²) in [5, 5.41) is 0. The summed E-state index contributed by atoms with van der Waals surface area (Å²) in [4.78, 5) is 24.8. The van der Waals surface area contributed by atoms with Crippen LogP contribution in [0, 0.1) is 41.5 Å². The average Bonchev–Trinajstić information content (AvgIpc) is 0.683. The highest BCUT2D eigenvalue weighted by Gasteiger charge is 2.51. The molecule has 0 unspecified atom stereocenters. The molecule has 4 aliphatic heterocycles. The van der Waals surface area contributed by atoms with Crippen molar-refractivity contribution in [2.75, 3.05) is 24.5 Å². The van der Waals surface area contributed by atoms with Crippen molar-refractivity contribution >= 4 is 132 Å². The molecule has 6 aliphatic rings. The number of hydrogen-bond donors (Lipinski definition) is 0. The van der Waals surface area contributed by atoms with Crippen LogP contribution in [0.2, 0.25) is 0 Å². The van der Waals surface area contributed by atoms with Crippen molar-refractivity contribution in [1.82, 2.24) is 9.97 Å². The van der Waals surface area contributed by atoms with E-state index in [1.807, 2.05) is 0 Å². The van der Waals surface area contributed by atoms with E-state index in [0.29, 0.717) is 0 Å². The maximum Gasteiger partial charge on any atom is 0.258 e. The molecule has 0 saturated heterocycles. The Morgan fingerprint density at radius 2 is 0.765 bits per heavy atom. The first-order chi connectivity index (χ1) is 49.1. The fourth-order valence-electron chi connectivity index (χ4n) is 18.5. The minimum absolute atomic E-state index is 0.0167. The van der Waals surface area contributed by atoms with Gasteiger partial charge in [0.15, 0.2) is 0 Å². The molecule has 18 rings (SSSR count). The molecule has 0 radical (unpaired) electrons. The molecule has 0 bridgehead atoms. The third-order valence-corrected chi connectivity index (χ3v) is 24.1. The quantitative estimate of drug-likeness (QED) is 0.133. The maximum atomic E-state index is 7.94. The molecule has 0 amide bonds. The van der Waals surface area contributed by atoms with E-state index < -0.39 is 0 Å². The molecule has 8 nitrogen and oxygen atoms in total. The van der Waals surface area contributed by atoms with E-state index in [-0.39, 0.29) is 35.1 Å². The lowest BCUT2D eigenvalue weighted by Gasteiger charge is -2.48. The predicted molar refractivity (Wildman–Crippen MR) is 430 cm³/mol. The average molecular weight is 1330 g/mol. The summed E-state index contributed by atoms with van der Waals surface area (Å²) in [5.41, 5.74) is 31.4. The van der Waals surface area contributed by atoms with E-state index in [2.05, 4.69) is 346 Å². The van der Waals surface area contributed by atoms with Gasteiger partial charge >= 0.3 is 0 Å². The second-order valence-electron chi connectivity index (χ2n) is 32.6. The molecule has 6 heterocycles. The molecule has 0 spiro atoms. The van der Waals surface area contributed by atoms with Gasteiger partial charge in [0, 0.05) is 63.5 Å². The van der Waals surface area contributed by atoms with Crippen LogP contribution < -0.4 is 62.0 Å². The lowest BCUT2D eigenvalue weighted by atomic mass is 9.30. The lowest BCUT2D eigenvalue weighted by Crippen LogP contribution is -2.65. The number of nitrogens with zero attached hydrogens (tertiary/aromatic N) is 7. The van der Waals surface area contributed by atoms with Crippen LogP contribution in [-0.2, 0) is 21.7 Å². The minimum Gasteiger partial charge on any atom is -0.458 e. The number of benzene rings is 10. The molecule has 12 aromatic rings. The normalized spacial score (nSPS) is 16.3. The Hall–Kier alpha value is -10.6. The van der Waals surface area contributed by atoms with Crippen molar-refractivity contribution in [3.8, 4) is 11.5 Å². The summed E-state index contributed by atoms with van der Waals surface area (Å²) in [6, 6.07) is 84.1. The zero-order valence-electron chi connectivity index (χ0n) is 61.4. The Labute approximate surface area is 603 Å². The van der Waals surface area contributed by atoms with Crippen LogP contribution in [0.5, 0.6) is 11.5 Å². The van der Waals surface area contributed by atoms with Crippen molar-refractivity contribution in [3.63, 3.8) is 0 Å². The van der Waals surface area contributed by atoms with Gasteiger partial charge in [-0.3, -0.25) is 19.6 Å². The van der Waals surface area contributed by atoms with Gasteiger partial charge in [0.1, 0.15) is 34.8 Å². The monoisotopic (exact) mass is 1330 g/mol. The number of hydrogen-bond acceptors (Lipinski definition) is 8. The summed E-state index contributed by atoms with van der Waals surface area (Å²) in [5.74, 6) is 4.97. The summed E-state index contributed by atoms with van der Waals surface area (Å²) in [6.45, 7) is 32.5. The van der Waals surface area contributed by atoms with Gasteiger partial charge in [-0.25, -0.2) is 9.97 Å². The van der Waals surface area contributed by atoms with Crippen LogP contribution in [0.4, 0.5) is 85.8 Å². The molecule has 502 valence electrons. The molecule has 102 heavy (non-hydrogen) atoms. The Balaban J connectivity index is 0.968. The Morgan fingerprint density at radius 3 is 1.34 bits per heavy atom. The first kappa shape index (κ1) is 63.6. The largest absolute Gasteiger partial charge is 0.458 e. The van der Waals surface area contributed by atoms with Crippen LogP contribution in [0.25, 0.3) is 0 Å². The number of pyridine rings is 2. The van der Waals surface area contributed by atoms with Gasteiger partial charge in [-0.1, -0.05) is 201 Å². The first-order valence-electron chi connectivity index (χ1n) is 36.8. The molecule has 2 aromatic heterocycles. The number of aromatic nitrogens is 2. The van der Waals surface area contributed by atoms with E-state index in [1.54, 1.807) is 0 Å². The first-order valence-corrected chi connectivity index (χ1v) is 36.8. The van der Waals surface area contributed by atoms with Crippen molar-refractivity contribution in [3.05, 3.63) is 280 Å². The molecule has 0 atom stereocenters. The van der Waals surface area contributed by atoms with E-state index >= 15 is 0 Å². The smallest absolute Gasteiger partial charge is 0.258 e. The second-order valence-corrected chi connectivity index (χ2v) is 32.6. The topological polar surface area (TPSA) is 51.2 Å². The zero-order valence-corrected chi connectivity index (χ0v) is 61.4. The Bertz CT molecular complexity index is 5440. The Morgan fingerprint density at radius 1 is 0.324 bits per heavy atom. The summed E-state index contributed by atoms with van der Waals surface area (Å²) >= 11 is 0. The van der Waals surface area contributed by atoms with Crippen molar-refractivity contribution in [2.24, 2.45) is 0 Å². The van der Waals surface area contributed by atoms with Crippen LogP contribution in [-0.4, -0.2) is 23.4 Å². The summed E-state index contributed by atoms with van der Waals surface area (Å²) in [6.07, 6.45) is 4.41. The van der Waals surface area contributed by atoms with E-state index in [0.717, 1.165) is 151 Å². The van der Waals surface area contributed by atoms with Crippen LogP contribution in [0.3, 0.4) is 0 Å². The predicted octanol–water partition coefficient (Wildman–Crippen LogP) is 20.5. The van der Waals surface area contributed by atoms with Gasteiger partial charge in [-0.15, -0.1) is 0 Å². The Kier molecular flexibility index (Phi) is 14.3. The molecular weight excluding hydrogens is 1240 g/mol. The number of fused-ring (bicyclic) bond motifs is 10. The van der Waals surface area contributed by atoms with Gasteiger partial charge in [0.25, 0.3) is 13.4 Å². The standard InChI is InChI=1S/C92H87B2N7O/c1-56-29-21-24-40-73(56)100(85-58(3)31-27-32-59(85)4)81-54-78-83-87(95-81)99(64-43-44-65-66(49-64)90(9,10)46-45-89(65,7)8)76-51-68-67(91(11,12)47-48-92(68,13)14)50-70(76)94(83)71-52-72-79(53-77(71)97(78)62-35-17-15-18-36-62)102-80-55-82(101(74-41-25-22-30-57(74)2)86-60(5)33-28-34-61(86)6)96-88-84(80)93(72)69-39-23-26-42-75(69)98(88)63-37-19-16-20-38-63/h15-44,49-55H,45-48H2,1-14H3. The van der Waals surface area contributed by atoms with Gasteiger partial charge in [0.05, 0.1) is 22.7 Å². The third-order valence-electron chi connectivity index (χ3n) is 24.1. The molecule has 0 saturated carbocycles. The highest BCUT2D eigenvalue weighted by molar-refractivity contribution is 7.02. The SMILES string of the molecule is Cc1ccccc1N(c1cc2c3c(n1)N(c1ccccc1)c1ccccc1B3c1cc3c(cc1O2)N(c1ccccc1)c1cc(N(c2ccccc2C)c2c(C)cccc2C)nc2c1B3c1cc3c(cc1N2c1ccc2c(c1)C(C)(C)CCC2(C)C)C(C)(C)CCC3(C)C)c1c(C)cccc1C. The fourth-order valence-corrected chi connectivity index (χ4v) is 18.5. The van der Waals surface area contributed by atoms with Gasteiger partial charge in [0.2, 0.25) is 0 Å². The zero-order chi connectivity index (χ0) is 70.2. The summed E-state index contributed by atoms with van der Waals surface area (Å²) in [7, 11) is 0. The third kappa shape index (κ3) is 9.63. The molecule has 0 N–H and O–H groups in total. The summed E-state index contributed by atoms with van der Waals surface area (Å²) < 4.78 is 7.94. The number of para-hydroxylation sites is 7. The molecular formula is C92H87B2N7O. The number of ether oxygens (including phenoxy) is 1. The molecule has 2 aliphatic carbocycles. The van der Waals surface area contributed by atoms with Gasteiger partial charge in [-0.2, -0.15) is 0 Å². The number of rotatable bonds is 9. The lowest BCUT2D eigenvalue weighted by molar-refractivity contribution is 0.332. The van der Waals surface area contributed by atoms with E-state index in [1.165, 1.54) is 60.9 Å². The maximum absolute atomic E-state index is 7.94. The van der Waals surface area contributed by atoms with Gasteiger partial charge in [-0.05, 0) is 232 Å². The van der Waals surface area contributed by atoms with Crippen molar-refractivity contribution < 1.29 is 4.74 Å². The van der Waals surface area contributed by atoms with Crippen LogP contribution >= 0.6 is 0 Å². The number of anilines is 15. The second kappa shape index (κ2) is 23.0.